The lowest BCUT2D eigenvalue weighted by Crippen LogP contribution is -2.48. The largest absolute Gasteiger partial charge is 0.480 e. The summed E-state index contributed by atoms with van der Waals surface area (Å²) in [7, 11) is 0. The Morgan fingerprint density at radius 3 is 1.81 bits per heavy atom. The molecule has 1 unspecified atom stereocenters. The SMILES string of the molecule is O=C(O)CNCCN(CCNCC(=O)O)C(CCC(=O)NCCS)C(=O)O. The zero-order valence-corrected chi connectivity index (χ0v) is 15.9. The van der Waals surface area contributed by atoms with E-state index in [0.717, 1.165) is 0 Å². The number of carbonyl (C=O) groups is 4. The molecule has 0 saturated heterocycles. The molecule has 0 bridgehead atoms. The molecular formula is C15H28N4O7S. The molecule has 0 spiro atoms. The summed E-state index contributed by atoms with van der Waals surface area (Å²) in [5.41, 5.74) is 0. The second-order valence-electron chi connectivity index (χ2n) is 5.64. The molecule has 0 aliphatic rings. The van der Waals surface area contributed by atoms with Crippen LogP contribution in [0.3, 0.4) is 0 Å². The topological polar surface area (TPSA) is 168 Å². The van der Waals surface area contributed by atoms with Gasteiger partial charge in [0.2, 0.25) is 5.91 Å². The standard InChI is InChI=1S/C15H28N4O7S/c20-12(18-5-8-27)2-1-11(15(25)26)19(6-3-16-9-13(21)22)7-4-17-10-14(23)24/h11,16-17,27H,1-10H2,(H,18,20)(H,21,22)(H,23,24)(H,25,26). The first kappa shape index (κ1) is 25.1. The van der Waals surface area contributed by atoms with Gasteiger partial charge in [0.05, 0.1) is 13.1 Å². The zero-order valence-electron chi connectivity index (χ0n) is 15.0. The summed E-state index contributed by atoms with van der Waals surface area (Å²) in [5.74, 6) is -2.96. The van der Waals surface area contributed by atoms with Crippen molar-refractivity contribution in [2.45, 2.75) is 18.9 Å². The van der Waals surface area contributed by atoms with E-state index in [1.54, 1.807) is 4.90 Å². The minimum absolute atomic E-state index is 0.0202. The lowest BCUT2D eigenvalue weighted by atomic mass is 10.1. The maximum absolute atomic E-state index is 11.7. The van der Waals surface area contributed by atoms with Gasteiger partial charge in [0.15, 0.2) is 0 Å². The Labute approximate surface area is 162 Å². The number of rotatable bonds is 17. The molecule has 0 aromatic heterocycles. The fraction of sp³-hybridized carbons (Fsp3) is 0.733. The van der Waals surface area contributed by atoms with Crippen LogP contribution in [0.15, 0.2) is 0 Å². The lowest BCUT2D eigenvalue weighted by Gasteiger charge is -2.29. The van der Waals surface area contributed by atoms with Gasteiger partial charge in [-0.2, -0.15) is 12.6 Å². The van der Waals surface area contributed by atoms with Gasteiger partial charge in [-0.25, -0.2) is 0 Å². The van der Waals surface area contributed by atoms with Crippen LogP contribution in [0.2, 0.25) is 0 Å². The summed E-state index contributed by atoms with van der Waals surface area (Å²) in [6.07, 6.45) is 0.0952. The van der Waals surface area contributed by atoms with Crippen LogP contribution < -0.4 is 16.0 Å². The molecule has 6 N–H and O–H groups in total. The monoisotopic (exact) mass is 408 g/mol. The Bertz CT molecular complexity index is 471. The van der Waals surface area contributed by atoms with Crippen LogP contribution in [0.1, 0.15) is 12.8 Å². The molecule has 0 saturated carbocycles. The van der Waals surface area contributed by atoms with Crippen molar-refractivity contribution in [2.75, 3.05) is 51.6 Å². The minimum Gasteiger partial charge on any atom is -0.480 e. The number of carboxylic acid groups (broad SMARTS) is 3. The fourth-order valence-corrected chi connectivity index (χ4v) is 2.39. The molecule has 156 valence electrons. The highest BCUT2D eigenvalue weighted by molar-refractivity contribution is 7.80. The molecular weight excluding hydrogens is 380 g/mol. The van der Waals surface area contributed by atoms with E-state index in [4.69, 9.17) is 10.2 Å². The molecule has 0 aliphatic heterocycles. The number of aliphatic carboxylic acids is 3. The van der Waals surface area contributed by atoms with Crippen molar-refractivity contribution in [1.29, 1.82) is 0 Å². The van der Waals surface area contributed by atoms with E-state index < -0.39 is 23.9 Å². The van der Waals surface area contributed by atoms with Crippen LogP contribution in [0.4, 0.5) is 0 Å². The van der Waals surface area contributed by atoms with Crippen LogP contribution in [0.25, 0.3) is 0 Å². The number of amides is 1. The Kier molecular flexibility index (Phi) is 14.1. The lowest BCUT2D eigenvalue weighted by molar-refractivity contribution is -0.144. The van der Waals surface area contributed by atoms with Crippen molar-refractivity contribution in [2.24, 2.45) is 0 Å². The van der Waals surface area contributed by atoms with E-state index in [1.165, 1.54) is 0 Å². The van der Waals surface area contributed by atoms with Gasteiger partial charge in [-0.05, 0) is 6.42 Å². The van der Waals surface area contributed by atoms with Crippen molar-refractivity contribution >= 4 is 36.4 Å². The van der Waals surface area contributed by atoms with Crippen LogP contribution in [0.5, 0.6) is 0 Å². The summed E-state index contributed by atoms with van der Waals surface area (Å²) >= 11 is 3.98. The Hall–Kier alpha value is -1.89. The molecule has 1 atom stereocenters. The van der Waals surface area contributed by atoms with E-state index >= 15 is 0 Å². The van der Waals surface area contributed by atoms with Crippen LogP contribution in [-0.4, -0.2) is 102 Å². The van der Waals surface area contributed by atoms with E-state index in [2.05, 4.69) is 28.6 Å². The second kappa shape index (κ2) is 15.2. The maximum Gasteiger partial charge on any atom is 0.320 e. The molecule has 0 radical (unpaired) electrons. The van der Waals surface area contributed by atoms with Crippen LogP contribution in [0, 0.1) is 0 Å². The summed E-state index contributed by atoms with van der Waals surface area (Å²) in [6, 6.07) is -0.954. The summed E-state index contributed by atoms with van der Waals surface area (Å²) in [6.45, 7) is 0.821. The third-order valence-electron chi connectivity index (χ3n) is 3.51. The number of nitrogens with one attached hydrogen (secondary N) is 3. The highest BCUT2D eigenvalue weighted by Gasteiger charge is 2.25. The third kappa shape index (κ3) is 13.9. The van der Waals surface area contributed by atoms with Gasteiger partial charge in [-0.3, -0.25) is 24.1 Å². The summed E-state index contributed by atoms with van der Waals surface area (Å²) in [5, 5.41) is 34.7. The van der Waals surface area contributed by atoms with E-state index in [-0.39, 0.29) is 58.0 Å². The molecule has 27 heavy (non-hydrogen) atoms. The number of hydrogen-bond acceptors (Lipinski definition) is 8. The van der Waals surface area contributed by atoms with Crippen molar-refractivity contribution in [3.63, 3.8) is 0 Å². The number of carboxylic acids is 3. The summed E-state index contributed by atoms with van der Waals surface area (Å²) < 4.78 is 0. The first-order chi connectivity index (χ1) is 12.8. The predicted molar refractivity (Wildman–Crippen MR) is 100 cm³/mol. The third-order valence-corrected chi connectivity index (χ3v) is 3.73. The van der Waals surface area contributed by atoms with Gasteiger partial charge in [0.25, 0.3) is 0 Å². The normalized spacial score (nSPS) is 11.9. The molecule has 12 heteroatoms. The van der Waals surface area contributed by atoms with Crippen molar-refractivity contribution in [3.05, 3.63) is 0 Å². The van der Waals surface area contributed by atoms with Gasteiger partial charge in [0.1, 0.15) is 6.04 Å². The highest BCUT2D eigenvalue weighted by Crippen LogP contribution is 2.08. The first-order valence-corrected chi connectivity index (χ1v) is 9.10. The number of nitrogens with zero attached hydrogens (tertiary/aromatic N) is 1. The quantitative estimate of drug-likeness (QED) is 0.105. The van der Waals surface area contributed by atoms with Gasteiger partial charge in [-0.15, -0.1) is 0 Å². The molecule has 0 rings (SSSR count). The van der Waals surface area contributed by atoms with Crippen molar-refractivity contribution in [3.8, 4) is 0 Å². The molecule has 1 amide bonds. The van der Waals surface area contributed by atoms with Crippen molar-refractivity contribution in [1.82, 2.24) is 20.9 Å². The average molecular weight is 408 g/mol. The van der Waals surface area contributed by atoms with E-state index in [9.17, 15) is 24.3 Å². The van der Waals surface area contributed by atoms with Crippen LogP contribution >= 0.6 is 12.6 Å². The Balaban J connectivity index is 4.72. The van der Waals surface area contributed by atoms with E-state index in [0.29, 0.717) is 12.3 Å². The second-order valence-corrected chi connectivity index (χ2v) is 6.09. The van der Waals surface area contributed by atoms with E-state index in [1.807, 2.05) is 0 Å². The highest BCUT2D eigenvalue weighted by atomic mass is 32.1. The maximum atomic E-state index is 11.7. The zero-order chi connectivity index (χ0) is 20.7. The number of thiol groups is 1. The summed E-state index contributed by atoms with van der Waals surface area (Å²) in [4.78, 5) is 46.0. The molecule has 11 nitrogen and oxygen atoms in total. The Morgan fingerprint density at radius 2 is 1.41 bits per heavy atom. The van der Waals surface area contributed by atoms with Crippen molar-refractivity contribution < 1.29 is 34.5 Å². The Morgan fingerprint density at radius 1 is 0.889 bits per heavy atom. The van der Waals surface area contributed by atoms with Gasteiger partial charge in [-0.1, -0.05) is 0 Å². The van der Waals surface area contributed by atoms with Gasteiger partial charge >= 0.3 is 17.9 Å². The van der Waals surface area contributed by atoms with Gasteiger partial charge < -0.3 is 31.3 Å². The molecule has 0 aromatic rings. The molecule has 0 fully saturated rings. The predicted octanol–water partition coefficient (Wildman–Crippen LogP) is -2.08. The first-order valence-electron chi connectivity index (χ1n) is 8.47. The molecule has 0 aromatic carbocycles. The minimum atomic E-state index is -1.10. The van der Waals surface area contributed by atoms with Gasteiger partial charge in [0, 0.05) is 44.9 Å². The molecule has 0 aliphatic carbocycles. The smallest absolute Gasteiger partial charge is 0.320 e. The number of hydrogen-bond donors (Lipinski definition) is 7. The average Bonchev–Trinajstić information content (AvgIpc) is 2.59. The fourth-order valence-electron chi connectivity index (χ4n) is 2.27. The van der Waals surface area contributed by atoms with Crippen LogP contribution in [-0.2, 0) is 19.2 Å². The number of carbonyl (C=O) groups excluding carboxylic acids is 1. The molecule has 0 heterocycles.